The molecule has 0 nitrogen and oxygen atoms in total. The summed E-state index contributed by atoms with van der Waals surface area (Å²) in [6.07, 6.45) is 8.50. The quantitative estimate of drug-likeness (QED) is 0.414. The SMILES string of the molecule is C=CC[SiH](CC=C)[SiH2][SiH](CC=C)CC=C. The molecule has 0 aliphatic carbocycles. The van der Waals surface area contributed by atoms with Crippen molar-refractivity contribution in [3.05, 3.63) is 50.6 Å². The van der Waals surface area contributed by atoms with E-state index in [1.165, 1.54) is 24.2 Å². The third-order valence-corrected chi connectivity index (χ3v) is 28.0. The van der Waals surface area contributed by atoms with Gasteiger partial charge in [-0.05, 0) is 24.2 Å². The van der Waals surface area contributed by atoms with Crippen molar-refractivity contribution in [1.82, 2.24) is 0 Å². The minimum Gasteiger partial charge on any atom is -0.103 e. The van der Waals surface area contributed by atoms with Gasteiger partial charge < -0.3 is 0 Å². The second-order valence-corrected chi connectivity index (χ2v) is 22.5. The van der Waals surface area contributed by atoms with Crippen molar-refractivity contribution < 1.29 is 0 Å². The molecule has 0 spiro atoms. The van der Waals surface area contributed by atoms with Gasteiger partial charge in [0, 0.05) is 25.2 Å². The largest absolute Gasteiger partial charge is 0.103 e. The lowest BCUT2D eigenvalue weighted by Crippen LogP contribution is -2.34. The van der Waals surface area contributed by atoms with Crippen molar-refractivity contribution in [3.8, 4) is 0 Å². The first-order valence-corrected chi connectivity index (χ1v) is 15.5. The van der Waals surface area contributed by atoms with Gasteiger partial charge in [0.15, 0.2) is 0 Å². The normalized spacial score (nSPS) is 10.3. The minimum atomic E-state index is -0.486. The lowest BCUT2D eigenvalue weighted by molar-refractivity contribution is 1.56. The molecule has 0 aliphatic heterocycles. The average Bonchev–Trinajstić information content (AvgIpc) is 2.19. The molecule has 0 saturated carbocycles. The molecule has 0 unspecified atom stereocenters. The van der Waals surface area contributed by atoms with Crippen LogP contribution in [-0.4, -0.2) is 25.2 Å². The van der Waals surface area contributed by atoms with Crippen molar-refractivity contribution in [1.29, 1.82) is 0 Å². The first-order valence-electron chi connectivity index (χ1n) is 5.72. The molecule has 3 heteroatoms. The van der Waals surface area contributed by atoms with Crippen LogP contribution < -0.4 is 0 Å². The van der Waals surface area contributed by atoms with E-state index in [1.807, 2.05) is 0 Å². The van der Waals surface area contributed by atoms with Crippen molar-refractivity contribution in [2.45, 2.75) is 24.2 Å². The Morgan fingerprint density at radius 3 is 1.13 bits per heavy atom. The Hall–Kier alpha value is -0.389. The van der Waals surface area contributed by atoms with Gasteiger partial charge in [-0.1, -0.05) is 24.3 Å². The van der Waals surface area contributed by atoms with Gasteiger partial charge in [0.2, 0.25) is 0 Å². The van der Waals surface area contributed by atoms with Crippen molar-refractivity contribution in [2.24, 2.45) is 0 Å². The van der Waals surface area contributed by atoms with Crippen molar-refractivity contribution >= 4 is 25.2 Å². The number of allylic oxidation sites excluding steroid dienone is 4. The summed E-state index contributed by atoms with van der Waals surface area (Å²) in [6, 6.07) is 5.26. The Balaban J connectivity index is 4.15. The second-order valence-electron chi connectivity index (χ2n) is 4.07. The van der Waals surface area contributed by atoms with E-state index in [-0.39, 0.29) is 8.55 Å². The van der Waals surface area contributed by atoms with Crippen LogP contribution in [0.5, 0.6) is 0 Å². The molecular weight excluding hydrogens is 228 g/mol. The van der Waals surface area contributed by atoms with E-state index in [2.05, 4.69) is 50.6 Å². The molecule has 15 heavy (non-hydrogen) atoms. The Kier molecular flexibility index (Phi) is 9.88. The summed E-state index contributed by atoms with van der Waals surface area (Å²) in [7, 11) is -0.784. The van der Waals surface area contributed by atoms with Crippen molar-refractivity contribution in [2.75, 3.05) is 0 Å². The third-order valence-electron chi connectivity index (χ3n) is 2.67. The number of hydrogen-bond donors (Lipinski definition) is 0. The topological polar surface area (TPSA) is 0 Å². The molecule has 0 heterocycles. The highest BCUT2D eigenvalue weighted by molar-refractivity contribution is 7.41. The van der Waals surface area contributed by atoms with E-state index in [0.717, 1.165) is 0 Å². The molecule has 0 aromatic rings. The Morgan fingerprint density at radius 2 is 0.933 bits per heavy atom. The van der Waals surface area contributed by atoms with Gasteiger partial charge in [0.1, 0.15) is 0 Å². The van der Waals surface area contributed by atoms with Crippen LogP contribution in [0.15, 0.2) is 50.6 Å². The molecule has 0 radical (unpaired) electrons. The highest BCUT2D eigenvalue weighted by Crippen LogP contribution is 2.07. The Morgan fingerprint density at radius 1 is 0.667 bits per heavy atom. The van der Waals surface area contributed by atoms with Crippen LogP contribution >= 0.6 is 0 Å². The monoisotopic (exact) mass is 252 g/mol. The minimum absolute atomic E-state index is 0.188. The molecule has 0 aromatic carbocycles. The first kappa shape index (κ1) is 14.6. The van der Waals surface area contributed by atoms with E-state index < -0.39 is 16.6 Å². The molecule has 0 bridgehead atoms. The van der Waals surface area contributed by atoms with Crippen molar-refractivity contribution in [3.63, 3.8) is 0 Å². The number of rotatable bonds is 10. The van der Waals surface area contributed by atoms with Crippen LogP contribution in [0.1, 0.15) is 0 Å². The average molecular weight is 253 g/mol. The molecule has 0 rings (SSSR count). The fraction of sp³-hybridized carbons (Fsp3) is 0.333. The summed E-state index contributed by atoms with van der Waals surface area (Å²) in [6.45, 7) is 15.5. The van der Waals surface area contributed by atoms with E-state index in [9.17, 15) is 0 Å². The maximum absolute atomic E-state index is 3.88. The summed E-state index contributed by atoms with van der Waals surface area (Å²) in [5, 5.41) is 0. The van der Waals surface area contributed by atoms with Crippen LogP contribution in [-0.2, 0) is 0 Å². The highest BCUT2D eigenvalue weighted by Gasteiger charge is 2.15. The summed E-state index contributed by atoms with van der Waals surface area (Å²) in [5.41, 5.74) is 0. The predicted octanol–water partition coefficient (Wildman–Crippen LogP) is 2.35. The third kappa shape index (κ3) is 7.53. The van der Waals surface area contributed by atoms with E-state index in [1.54, 1.807) is 0 Å². The zero-order valence-electron chi connectivity index (χ0n) is 9.83. The van der Waals surface area contributed by atoms with Gasteiger partial charge in [-0.25, -0.2) is 0 Å². The maximum Gasteiger partial charge on any atom is 0.0293 e. The smallest absolute Gasteiger partial charge is 0.0293 e. The predicted molar refractivity (Wildman–Crippen MR) is 82.9 cm³/mol. The Bertz CT molecular complexity index is 169. The molecule has 0 amide bonds. The highest BCUT2D eigenvalue weighted by atomic mass is 29.6. The lowest BCUT2D eigenvalue weighted by atomic mass is 10.7. The van der Waals surface area contributed by atoms with Crippen LogP contribution in [0.2, 0.25) is 24.2 Å². The zero-order valence-corrected chi connectivity index (χ0v) is 13.6. The lowest BCUT2D eigenvalue weighted by Gasteiger charge is -2.16. The zero-order chi connectivity index (χ0) is 11.5. The number of hydrogen-bond acceptors (Lipinski definition) is 0. The Labute approximate surface area is 100 Å². The standard InChI is InChI=1S/C12H24Si3/c1-5-9-14(10-6-2)13-15(11-7-3)12-8-4/h5-8,14-15H,1-4,9-13H2. The van der Waals surface area contributed by atoms with E-state index in [0.29, 0.717) is 0 Å². The van der Waals surface area contributed by atoms with Crippen LogP contribution in [0.3, 0.4) is 0 Å². The maximum atomic E-state index is 3.88. The van der Waals surface area contributed by atoms with Gasteiger partial charge in [0.05, 0.1) is 0 Å². The molecule has 0 aromatic heterocycles. The summed E-state index contributed by atoms with van der Waals surface area (Å²) in [4.78, 5) is 0. The van der Waals surface area contributed by atoms with Gasteiger partial charge in [-0.15, -0.1) is 26.3 Å². The van der Waals surface area contributed by atoms with Crippen LogP contribution in [0, 0.1) is 0 Å². The van der Waals surface area contributed by atoms with Gasteiger partial charge in [-0.3, -0.25) is 0 Å². The van der Waals surface area contributed by atoms with Gasteiger partial charge >= 0.3 is 0 Å². The summed E-state index contributed by atoms with van der Waals surface area (Å²) in [5.74, 6) is 0. The van der Waals surface area contributed by atoms with Gasteiger partial charge in [-0.2, -0.15) is 0 Å². The molecule has 0 atom stereocenters. The summed E-state index contributed by atoms with van der Waals surface area (Å²) >= 11 is 0. The van der Waals surface area contributed by atoms with Crippen LogP contribution in [0.25, 0.3) is 0 Å². The second kappa shape index (κ2) is 10.1. The van der Waals surface area contributed by atoms with E-state index >= 15 is 0 Å². The molecule has 0 N–H and O–H groups in total. The first-order chi connectivity index (χ1) is 7.28. The molecule has 0 aliphatic rings. The molecule has 0 fully saturated rings. The fourth-order valence-electron chi connectivity index (χ4n) is 1.99. The van der Waals surface area contributed by atoms with Crippen LogP contribution in [0.4, 0.5) is 0 Å². The molecular formula is C12H24Si3. The molecule has 84 valence electrons. The van der Waals surface area contributed by atoms with Gasteiger partial charge in [0.25, 0.3) is 0 Å². The summed E-state index contributed by atoms with van der Waals surface area (Å²) < 4.78 is 0. The van der Waals surface area contributed by atoms with E-state index in [4.69, 9.17) is 0 Å². The molecule has 0 saturated heterocycles. The fourth-order valence-corrected chi connectivity index (χ4v) is 29.4.